The van der Waals surface area contributed by atoms with Gasteiger partial charge in [0.15, 0.2) is 11.5 Å². The monoisotopic (exact) mass is 316 g/mol. The van der Waals surface area contributed by atoms with Gasteiger partial charge in [-0.05, 0) is 13.8 Å². The zero-order valence-electron chi connectivity index (χ0n) is 11.4. The molecule has 0 unspecified atom stereocenters. The van der Waals surface area contributed by atoms with Crippen molar-refractivity contribution in [1.29, 1.82) is 0 Å². The summed E-state index contributed by atoms with van der Waals surface area (Å²) in [5.41, 5.74) is 0.909. The van der Waals surface area contributed by atoms with E-state index in [-0.39, 0.29) is 0 Å². The van der Waals surface area contributed by atoms with Gasteiger partial charge in [0, 0.05) is 36.7 Å². The van der Waals surface area contributed by atoms with Crippen LogP contribution in [0.2, 0.25) is 0 Å². The first-order chi connectivity index (χ1) is 8.63. The second-order valence-electron chi connectivity index (χ2n) is 4.25. The van der Waals surface area contributed by atoms with Gasteiger partial charge in [-0.2, -0.15) is 0 Å². The van der Waals surface area contributed by atoms with E-state index in [4.69, 9.17) is 9.47 Å². The lowest BCUT2D eigenvalue weighted by Gasteiger charge is -2.26. The molecule has 0 saturated heterocycles. The van der Waals surface area contributed by atoms with E-state index in [1.165, 1.54) is 0 Å². The van der Waals surface area contributed by atoms with Crippen molar-refractivity contribution in [3.63, 3.8) is 0 Å². The van der Waals surface area contributed by atoms with Crippen molar-refractivity contribution in [2.75, 3.05) is 26.1 Å². The smallest absolute Gasteiger partial charge is 0.183 e. The third-order valence-electron chi connectivity index (χ3n) is 2.82. The van der Waals surface area contributed by atoms with Crippen LogP contribution >= 0.6 is 15.9 Å². The lowest BCUT2D eigenvalue weighted by molar-refractivity contribution is 0.220. The fraction of sp³-hybridized carbons (Fsp3) is 0.615. The average molecular weight is 317 g/mol. The maximum absolute atomic E-state index is 5.40. The van der Waals surface area contributed by atoms with Crippen LogP contribution in [0.25, 0.3) is 0 Å². The number of hydrogen-bond donors (Lipinski definition) is 0. The second kappa shape index (κ2) is 7.59. The first kappa shape index (κ1) is 15.2. The van der Waals surface area contributed by atoms with Gasteiger partial charge in [-0.25, -0.2) is 0 Å². The lowest BCUT2D eigenvalue weighted by Crippen LogP contribution is -2.32. The predicted molar refractivity (Wildman–Crippen MR) is 76.7 cm³/mol. The minimum Gasteiger partial charge on any atom is -0.493 e. The molecule has 1 heterocycles. The van der Waals surface area contributed by atoms with Crippen LogP contribution in [0.15, 0.2) is 12.3 Å². The summed E-state index contributed by atoms with van der Waals surface area (Å²) >= 11 is 3.48. The number of halogens is 1. The van der Waals surface area contributed by atoms with E-state index in [9.17, 15) is 0 Å². The van der Waals surface area contributed by atoms with E-state index in [1.807, 2.05) is 6.07 Å². The molecule has 0 aliphatic carbocycles. The fourth-order valence-corrected chi connectivity index (χ4v) is 2.24. The summed E-state index contributed by atoms with van der Waals surface area (Å²) in [6, 6.07) is 2.27. The first-order valence-corrected chi connectivity index (χ1v) is 7.12. The van der Waals surface area contributed by atoms with Crippen LogP contribution < -0.4 is 9.47 Å². The van der Waals surface area contributed by atoms with Gasteiger partial charge in [0.25, 0.3) is 0 Å². The van der Waals surface area contributed by atoms with Gasteiger partial charge in [-0.15, -0.1) is 0 Å². The van der Waals surface area contributed by atoms with E-state index in [0.29, 0.717) is 6.04 Å². The van der Waals surface area contributed by atoms with Gasteiger partial charge in [0.05, 0.1) is 14.2 Å². The Morgan fingerprint density at radius 3 is 2.56 bits per heavy atom. The molecule has 18 heavy (non-hydrogen) atoms. The van der Waals surface area contributed by atoms with Crippen molar-refractivity contribution in [1.82, 2.24) is 9.88 Å². The Hall–Kier alpha value is -0.810. The standard InChI is InChI=1S/C13H21BrN2O2/c1-10(2)16(8-6-14)9-11-13(18-4)12(17-3)5-7-15-11/h5,7,10H,6,8-9H2,1-4H3. The SMILES string of the molecule is COc1ccnc(CN(CCBr)C(C)C)c1OC. The second-order valence-corrected chi connectivity index (χ2v) is 5.04. The topological polar surface area (TPSA) is 34.6 Å². The molecular formula is C13H21BrN2O2. The van der Waals surface area contributed by atoms with Crippen molar-refractivity contribution < 1.29 is 9.47 Å². The highest BCUT2D eigenvalue weighted by Crippen LogP contribution is 2.30. The van der Waals surface area contributed by atoms with E-state index < -0.39 is 0 Å². The molecule has 0 aliphatic heterocycles. The molecule has 0 saturated carbocycles. The maximum atomic E-state index is 5.40. The summed E-state index contributed by atoms with van der Waals surface area (Å²) in [7, 11) is 3.29. The van der Waals surface area contributed by atoms with Crippen LogP contribution in [0.4, 0.5) is 0 Å². The highest BCUT2D eigenvalue weighted by atomic mass is 79.9. The Labute approximate surface area is 117 Å². The molecule has 0 bridgehead atoms. The van der Waals surface area contributed by atoms with E-state index in [1.54, 1.807) is 20.4 Å². The molecule has 0 spiro atoms. The van der Waals surface area contributed by atoms with Crippen LogP contribution in [0, 0.1) is 0 Å². The maximum Gasteiger partial charge on any atom is 0.183 e. The van der Waals surface area contributed by atoms with E-state index in [2.05, 4.69) is 39.7 Å². The van der Waals surface area contributed by atoms with Crippen molar-refractivity contribution in [2.45, 2.75) is 26.4 Å². The molecule has 1 aromatic heterocycles. The third-order valence-corrected chi connectivity index (χ3v) is 3.18. The fourth-order valence-electron chi connectivity index (χ4n) is 1.78. The number of alkyl halides is 1. The van der Waals surface area contributed by atoms with Crippen LogP contribution in [0.1, 0.15) is 19.5 Å². The van der Waals surface area contributed by atoms with Gasteiger partial charge in [0.1, 0.15) is 5.69 Å². The van der Waals surface area contributed by atoms with Gasteiger partial charge in [-0.1, -0.05) is 15.9 Å². The lowest BCUT2D eigenvalue weighted by atomic mass is 10.2. The molecule has 0 amide bonds. The number of methoxy groups -OCH3 is 2. The summed E-state index contributed by atoms with van der Waals surface area (Å²) in [4.78, 5) is 6.73. The van der Waals surface area contributed by atoms with Gasteiger partial charge >= 0.3 is 0 Å². The third kappa shape index (κ3) is 3.85. The van der Waals surface area contributed by atoms with Crippen LogP contribution in [0.5, 0.6) is 11.5 Å². The van der Waals surface area contributed by atoms with Crippen molar-refractivity contribution in [2.24, 2.45) is 0 Å². The van der Waals surface area contributed by atoms with Gasteiger partial charge in [0.2, 0.25) is 0 Å². The number of ether oxygens (including phenoxy) is 2. The predicted octanol–water partition coefficient (Wildman–Crippen LogP) is 2.70. The summed E-state index contributed by atoms with van der Waals surface area (Å²) in [6.07, 6.45) is 1.75. The molecule has 1 aromatic rings. The normalized spacial score (nSPS) is 11.1. The molecule has 0 radical (unpaired) electrons. The Bertz CT molecular complexity index is 372. The molecule has 0 atom stereocenters. The number of rotatable bonds is 7. The quantitative estimate of drug-likeness (QED) is 0.724. The number of hydrogen-bond acceptors (Lipinski definition) is 4. The van der Waals surface area contributed by atoms with E-state index >= 15 is 0 Å². The molecular weight excluding hydrogens is 296 g/mol. The van der Waals surface area contributed by atoms with Crippen molar-refractivity contribution in [3.05, 3.63) is 18.0 Å². The zero-order chi connectivity index (χ0) is 13.5. The molecule has 1 rings (SSSR count). The van der Waals surface area contributed by atoms with Crippen LogP contribution in [-0.2, 0) is 6.54 Å². The Morgan fingerprint density at radius 1 is 1.33 bits per heavy atom. The molecule has 0 aliphatic rings. The molecule has 0 N–H and O–H groups in total. The summed E-state index contributed by atoms with van der Waals surface area (Å²) in [6.45, 7) is 6.08. The number of aromatic nitrogens is 1. The highest BCUT2D eigenvalue weighted by molar-refractivity contribution is 9.09. The van der Waals surface area contributed by atoms with Crippen molar-refractivity contribution in [3.8, 4) is 11.5 Å². The number of nitrogens with zero attached hydrogens (tertiary/aromatic N) is 2. The Balaban J connectivity index is 2.94. The largest absolute Gasteiger partial charge is 0.493 e. The minimum atomic E-state index is 0.459. The number of pyridine rings is 1. The molecule has 0 fully saturated rings. The van der Waals surface area contributed by atoms with Gasteiger partial charge < -0.3 is 9.47 Å². The molecule has 5 heteroatoms. The Kier molecular flexibility index (Phi) is 6.43. The first-order valence-electron chi connectivity index (χ1n) is 5.99. The minimum absolute atomic E-state index is 0.459. The average Bonchev–Trinajstić information content (AvgIpc) is 2.37. The molecule has 102 valence electrons. The van der Waals surface area contributed by atoms with E-state index in [0.717, 1.165) is 35.6 Å². The summed E-state index contributed by atoms with van der Waals surface area (Å²) in [5.74, 6) is 1.45. The van der Waals surface area contributed by atoms with Gasteiger partial charge in [-0.3, -0.25) is 9.88 Å². The van der Waals surface area contributed by atoms with Crippen LogP contribution in [0.3, 0.4) is 0 Å². The van der Waals surface area contributed by atoms with Crippen LogP contribution in [-0.4, -0.2) is 42.0 Å². The zero-order valence-corrected chi connectivity index (χ0v) is 13.0. The Morgan fingerprint density at radius 2 is 2.06 bits per heavy atom. The summed E-state index contributed by atoms with van der Waals surface area (Å²) < 4.78 is 10.7. The van der Waals surface area contributed by atoms with Crippen molar-refractivity contribution >= 4 is 15.9 Å². The molecule has 0 aromatic carbocycles. The summed E-state index contributed by atoms with van der Waals surface area (Å²) in [5, 5.41) is 0.942. The molecule has 4 nitrogen and oxygen atoms in total. The highest BCUT2D eigenvalue weighted by Gasteiger charge is 2.16.